The Balaban J connectivity index is 1.54. The largest absolute Gasteiger partial charge is 0.417 e. The lowest BCUT2D eigenvalue weighted by molar-refractivity contribution is -0.137. The molecule has 1 aliphatic rings. The van der Waals surface area contributed by atoms with Crippen molar-refractivity contribution in [3.8, 4) is 17.3 Å². The molecule has 1 unspecified atom stereocenters. The van der Waals surface area contributed by atoms with E-state index in [9.17, 15) is 23.2 Å². The van der Waals surface area contributed by atoms with Gasteiger partial charge < -0.3 is 20.9 Å². The molecule has 1 aliphatic heterocycles. The average Bonchev–Trinajstić information content (AvgIpc) is 3.30. The molecule has 12 heteroatoms. The lowest BCUT2D eigenvalue weighted by atomic mass is 9.90. The molecule has 1 amide bonds. The zero-order valence-electron chi connectivity index (χ0n) is 19.9. The van der Waals surface area contributed by atoms with Crippen LogP contribution in [0.25, 0.3) is 22.3 Å². The molecule has 9 nitrogen and oxygen atoms in total. The Bertz CT molecular complexity index is 1290. The normalized spacial score (nSPS) is 16.5. The van der Waals surface area contributed by atoms with Gasteiger partial charge in [0.2, 0.25) is 11.9 Å². The second-order valence-electron chi connectivity index (χ2n) is 9.00. The second kappa shape index (κ2) is 10.1. The minimum Gasteiger partial charge on any atom is -0.351 e. The van der Waals surface area contributed by atoms with Crippen LogP contribution in [0, 0.1) is 17.2 Å². The molecule has 0 spiro atoms. The van der Waals surface area contributed by atoms with Crippen LogP contribution in [0.2, 0.25) is 0 Å². The van der Waals surface area contributed by atoms with E-state index in [0.717, 1.165) is 25.1 Å². The number of pyridine rings is 1. The number of hydrogen-bond acceptors (Lipinski definition) is 7. The van der Waals surface area contributed by atoms with Crippen LogP contribution in [0.3, 0.4) is 0 Å². The maximum absolute atomic E-state index is 13.2. The van der Waals surface area contributed by atoms with Crippen LogP contribution in [0.15, 0.2) is 24.7 Å². The molecule has 1 saturated heterocycles. The Morgan fingerprint density at radius 1 is 1.33 bits per heavy atom. The number of piperidine rings is 1. The number of anilines is 1. The first kappa shape index (κ1) is 25.4. The van der Waals surface area contributed by atoms with Gasteiger partial charge in [-0.25, -0.2) is 15.0 Å². The number of likely N-dealkylation sites (tertiary alicyclic amines) is 1. The van der Waals surface area contributed by atoms with E-state index in [1.54, 1.807) is 4.90 Å². The number of hydrogen-bond donors (Lipinski definition) is 3. The van der Waals surface area contributed by atoms with Gasteiger partial charge in [-0.2, -0.15) is 18.4 Å². The van der Waals surface area contributed by atoms with Gasteiger partial charge >= 0.3 is 6.18 Å². The van der Waals surface area contributed by atoms with Gasteiger partial charge in [-0.3, -0.25) is 4.79 Å². The highest BCUT2D eigenvalue weighted by molar-refractivity contribution is 5.94. The van der Waals surface area contributed by atoms with E-state index in [-0.39, 0.29) is 46.1 Å². The fourth-order valence-electron chi connectivity index (χ4n) is 4.44. The molecular formula is C24H27F3N8O. The van der Waals surface area contributed by atoms with Crippen LogP contribution < -0.4 is 11.1 Å². The zero-order valence-corrected chi connectivity index (χ0v) is 19.9. The maximum Gasteiger partial charge on any atom is 0.417 e. The molecule has 0 aliphatic carbocycles. The number of carbonyl (C=O) groups is 1. The number of nitrogens with one attached hydrogen (secondary N) is 2. The number of aromatic nitrogens is 4. The number of nitrogens with two attached hydrogens (primary N) is 1. The van der Waals surface area contributed by atoms with Crippen molar-refractivity contribution in [2.24, 2.45) is 11.7 Å². The average molecular weight is 501 g/mol. The fraction of sp³-hybridized carbons (Fsp3) is 0.458. The number of H-pyrrole nitrogens is 1. The van der Waals surface area contributed by atoms with Crippen molar-refractivity contribution in [1.29, 1.82) is 5.26 Å². The molecule has 2 atom stereocenters. The smallest absolute Gasteiger partial charge is 0.351 e. The van der Waals surface area contributed by atoms with Crippen LogP contribution >= 0.6 is 0 Å². The third-order valence-corrected chi connectivity index (χ3v) is 6.69. The molecule has 1 fully saturated rings. The SMILES string of the molecule is CCC(N)C(=O)N1CCC([C@@H](C)Nc2ncc(C#N)c(-c3c[nH]c4ncc(C(F)(F)F)cc34)n2)CC1. The monoisotopic (exact) mass is 500 g/mol. The first-order chi connectivity index (χ1) is 17.1. The maximum atomic E-state index is 13.2. The van der Waals surface area contributed by atoms with Crippen molar-refractivity contribution >= 4 is 22.9 Å². The van der Waals surface area contributed by atoms with Crippen LogP contribution in [-0.2, 0) is 11.0 Å². The van der Waals surface area contributed by atoms with E-state index in [0.29, 0.717) is 25.1 Å². The Kier molecular flexibility index (Phi) is 7.12. The first-order valence-corrected chi connectivity index (χ1v) is 11.7. The number of halogens is 3. The van der Waals surface area contributed by atoms with Crippen molar-refractivity contribution in [3.05, 3.63) is 35.8 Å². The topological polar surface area (TPSA) is 137 Å². The number of nitrogens with zero attached hydrogens (tertiary/aromatic N) is 5. The molecule has 0 bridgehead atoms. The Morgan fingerprint density at radius 2 is 2.06 bits per heavy atom. The quantitative estimate of drug-likeness (QED) is 0.470. The van der Waals surface area contributed by atoms with Gasteiger partial charge in [0, 0.05) is 42.5 Å². The van der Waals surface area contributed by atoms with Gasteiger partial charge in [-0.05, 0) is 38.2 Å². The van der Waals surface area contributed by atoms with E-state index >= 15 is 0 Å². The van der Waals surface area contributed by atoms with Gasteiger partial charge in [-0.1, -0.05) is 6.92 Å². The molecule has 3 aromatic heterocycles. The predicted molar refractivity (Wildman–Crippen MR) is 127 cm³/mol. The molecule has 0 aromatic carbocycles. The van der Waals surface area contributed by atoms with Crippen LogP contribution in [-0.4, -0.2) is 55.9 Å². The molecule has 4 N–H and O–H groups in total. The van der Waals surface area contributed by atoms with Crippen LogP contribution in [0.4, 0.5) is 19.1 Å². The molecular weight excluding hydrogens is 473 g/mol. The zero-order chi connectivity index (χ0) is 26.0. The van der Waals surface area contributed by atoms with E-state index in [4.69, 9.17) is 5.73 Å². The lowest BCUT2D eigenvalue weighted by Crippen LogP contribution is -2.48. The molecule has 4 heterocycles. The van der Waals surface area contributed by atoms with Crippen molar-refractivity contribution in [2.75, 3.05) is 18.4 Å². The predicted octanol–water partition coefficient (Wildman–Crippen LogP) is 3.69. The summed E-state index contributed by atoms with van der Waals surface area (Å²) in [4.78, 5) is 29.6. The highest BCUT2D eigenvalue weighted by Crippen LogP contribution is 2.35. The Labute approximate surface area is 205 Å². The lowest BCUT2D eigenvalue weighted by Gasteiger charge is -2.36. The third kappa shape index (κ3) is 5.11. The number of nitriles is 1. The fourth-order valence-corrected chi connectivity index (χ4v) is 4.44. The molecule has 190 valence electrons. The number of carbonyl (C=O) groups excluding carboxylic acids is 1. The third-order valence-electron chi connectivity index (χ3n) is 6.69. The first-order valence-electron chi connectivity index (χ1n) is 11.7. The van der Waals surface area contributed by atoms with Crippen LogP contribution in [0.1, 0.15) is 44.2 Å². The summed E-state index contributed by atoms with van der Waals surface area (Å²) in [5.41, 5.74) is 5.92. The van der Waals surface area contributed by atoms with Gasteiger partial charge in [0.1, 0.15) is 11.7 Å². The van der Waals surface area contributed by atoms with E-state index < -0.39 is 17.8 Å². The number of rotatable bonds is 6. The summed E-state index contributed by atoms with van der Waals surface area (Å²) in [5.74, 6) is 0.483. The highest BCUT2D eigenvalue weighted by atomic mass is 19.4. The number of alkyl halides is 3. The number of amides is 1. The van der Waals surface area contributed by atoms with Crippen LogP contribution in [0.5, 0.6) is 0 Å². The van der Waals surface area contributed by atoms with Crippen molar-refractivity contribution in [3.63, 3.8) is 0 Å². The van der Waals surface area contributed by atoms with E-state index in [1.807, 2.05) is 19.9 Å². The summed E-state index contributed by atoms with van der Waals surface area (Å²) < 4.78 is 39.7. The standard InChI is InChI=1S/C24H27F3N8O/c1-3-19(29)22(36)35-6-4-14(5-7-35)13(2)33-23-32-10-15(9-28)20(34-23)18-12-31-21-17(18)8-16(11-30-21)24(25,26)27/h8,10-14,19H,3-7,29H2,1-2H3,(H,30,31)(H,32,33,34)/t13-,19?/m1/s1. The summed E-state index contributed by atoms with van der Waals surface area (Å²) in [7, 11) is 0. The highest BCUT2D eigenvalue weighted by Gasteiger charge is 2.32. The number of aromatic amines is 1. The van der Waals surface area contributed by atoms with Crippen molar-refractivity contribution < 1.29 is 18.0 Å². The van der Waals surface area contributed by atoms with E-state index in [2.05, 4.69) is 25.3 Å². The second-order valence-corrected chi connectivity index (χ2v) is 9.00. The summed E-state index contributed by atoms with van der Waals surface area (Å²) in [6.45, 7) is 5.11. The van der Waals surface area contributed by atoms with Crippen molar-refractivity contribution in [1.82, 2.24) is 24.8 Å². The van der Waals surface area contributed by atoms with Crippen molar-refractivity contribution in [2.45, 2.75) is 51.4 Å². The summed E-state index contributed by atoms with van der Waals surface area (Å²) in [5, 5.41) is 13.0. The molecule has 0 saturated carbocycles. The molecule has 3 aromatic rings. The van der Waals surface area contributed by atoms with Gasteiger partial charge in [0.25, 0.3) is 0 Å². The van der Waals surface area contributed by atoms with Gasteiger partial charge in [0.05, 0.1) is 29.1 Å². The molecule has 4 rings (SSSR count). The summed E-state index contributed by atoms with van der Waals surface area (Å²) in [6.07, 6.45) is 1.22. The Morgan fingerprint density at radius 3 is 2.69 bits per heavy atom. The number of fused-ring (bicyclic) bond motifs is 1. The minimum absolute atomic E-state index is 0.0291. The minimum atomic E-state index is -4.55. The summed E-state index contributed by atoms with van der Waals surface area (Å²) in [6, 6.07) is 2.49. The summed E-state index contributed by atoms with van der Waals surface area (Å²) >= 11 is 0. The van der Waals surface area contributed by atoms with Gasteiger partial charge in [0.15, 0.2) is 0 Å². The molecule has 0 radical (unpaired) electrons. The van der Waals surface area contributed by atoms with Gasteiger partial charge in [-0.15, -0.1) is 0 Å². The van der Waals surface area contributed by atoms with E-state index in [1.165, 1.54) is 12.4 Å². The Hall–Kier alpha value is -3.72. The molecule has 36 heavy (non-hydrogen) atoms.